The van der Waals surface area contributed by atoms with Gasteiger partial charge in [0, 0.05) is 54.6 Å². The van der Waals surface area contributed by atoms with E-state index in [9.17, 15) is 0 Å². The van der Waals surface area contributed by atoms with Crippen molar-refractivity contribution in [3.63, 3.8) is 0 Å². The van der Waals surface area contributed by atoms with Gasteiger partial charge in [-0.3, -0.25) is 14.8 Å². The highest BCUT2D eigenvalue weighted by Gasteiger charge is 2.12. The van der Waals surface area contributed by atoms with Gasteiger partial charge in [-0.15, -0.1) is 0 Å². The number of pyridine rings is 1. The Hall–Kier alpha value is -2.63. The molecule has 0 saturated carbocycles. The molecule has 0 unspecified atom stereocenters. The van der Waals surface area contributed by atoms with Crippen LogP contribution in [0, 0.1) is 6.92 Å². The molecule has 0 aliphatic heterocycles. The van der Waals surface area contributed by atoms with Crippen molar-refractivity contribution in [2.75, 3.05) is 5.32 Å². The minimum absolute atomic E-state index is 0.674. The second-order valence-electron chi connectivity index (χ2n) is 5.30. The molecule has 0 aromatic carbocycles. The predicted octanol–water partition coefficient (Wildman–Crippen LogP) is 2.69. The molecule has 3 aromatic rings. The van der Waals surface area contributed by atoms with Gasteiger partial charge in [0.2, 0.25) is 0 Å². The molecule has 114 valence electrons. The van der Waals surface area contributed by atoms with E-state index in [0.29, 0.717) is 6.54 Å². The molecule has 0 saturated heterocycles. The van der Waals surface area contributed by atoms with Gasteiger partial charge >= 0.3 is 0 Å². The van der Waals surface area contributed by atoms with Crippen LogP contribution in [0.1, 0.15) is 23.7 Å². The second kappa shape index (κ2) is 6.01. The number of aryl methyl sites for hydroxylation is 2. The molecule has 22 heavy (non-hydrogen) atoms. The molecule has 0 spiro atoms. The van der Waals surface area contributed by atoms with Crippen LogP contribution in [-0.2, 0) is 20.0 Å². The van der Waals surface area contributed by atoms with Gasteiger partial charge in [-0.05, 0) is 25.5 Å². The number of hydrogen-bond acceptors (Lipinski definition) is 4. The Bertz CT molecular complexity index is 756. The average Bonchev–Trinajstić information content (AvgIpc) is 3.09. The Balaban J connectivity index is 1.82. The zero-order valence-electron chi connectivity index (χ0n) is 13.1. The molecule has 3 rings (SSSR count). The molecule has 3 heterocycles. The number of aromatic nitrogens is 5. The number of hydrogen-bond donors (Lipinski definition) is 2. The van der Waals surface area contributed by atoms with Gasteiger partial charge in [-0.2, -0.15) is 10.2 Å². The molecule has 0 radical (unpaired) electrons. The van der Waals surface area contributed by atoms with Crippen LogP contribution in [-0.4, -0.2) is 25.0 Å². The van der Waals surface area contributed by atoms with Crippen molar-refractivity contribution >= 4 is 5.82 Å². The Morgan fingerprint density at radius 3 is 2.91 bits per heavy atom. The summed E-state index contributed by atoms with van der Waals surface area (Å²) in [6.45, 7) is 4.87. The van der Waals surface area contributed by atoms with Gasteiger partial charge in [0.15, 0.2) is 5.82 Å². The van der Waals surface area contributed by atoms with E-state index in [1.165, 1.54) is 11.3 Å². The summed E-state index contributed by atoms with van der Waals surface area (Å²) in [6, 6.07) is 3.94. The Morgan fingerprint density at radius 1 is 1.36 bits per heavy atom. The summed E-state index contributed by atoms with van der Waals surface area (Å²) in [5.41, 5.74) is 5.44. The van der Waals surface area contributed by atoms with Crippen molar-refractivity contribution in [1.29, 1.82) is 0 Å². The first-order valence-corrected chi connectivity index (χ1v) is 7.39. The average molecular weight is 296 g/mol. The summed E-state index contributed by atoms with van der Waals surface area (Å²) in [5, 5.41) is 15.3. The summed E-state index contributed by atoms with van der Waals surface area (Å²) in [6.07, 6.45) is 6.58. The molecule has 0 atom stereocenters. The third kappa shape index (κ3) is 2.72. The molecule has 0 aliphatic rings. The third-order valence-corrected chi connectivity index (χ3v) is 3.75. The summed E-state index contributed by atoms with van der Waals surface area (Å²) < 4.78 is 1.83. The molecule has 6 heteroatoms. The van der Waals surface area contributed by atoms with Crippen LogP contribution in [0.15, 0.2) is 30.7 Å². The van der Waals surface area contributed by atoms with Crippen LogP contribution in [0.25, 0.3) is 11.3 Å². The maximum Gasteiger partial charge on any atom is 0.151 e. The Kier molecular flexibility index (Phi) is 3.91. The fourth-order valence-electron chi connectivity index (χ4n) is 2.54. The lowest BCUT2D eigenvalue weighted by atomic mass is 10.1. The number of aromatic amines is 1. The zero-order valence-corrected chi connectivity index (χ0v) is 13.1. The molecule has 3 aromatic heterocycles. The molecule has 0 amide bonds. The van der Waals surface area contributed by atoms with Crippen LogP contribution >= 0.6 is 0 Å². The normalized spacial score (nSPS) is 10.9. The van der Waals surface area contributed by atoms with Crippen LogP contribution in [0.3, 0.4) is 0 Å². The summed E-state index contributed by atoms with van der Waals surface area (Å²) in [5.74, 6) is 0.901. The van der Waals surface area contributed by atoms with Crippen molar-refractivity contribution in [2.24, 2.45) is 7.05 Å². The van der Waals surface area contributed by atoms with E-state index < -0.39 is 0 Å². The first kappa shape index (κ1) is 14.3. The smallest absolute Gasteiger partial charge is 0.151 e. The van der Waals surface area contributed by atoms with Crippen LogP contribution in [0.2, 0.25) is 0 Å². The topological polar surface area (TPSA) is 71.4 Å². The molecule has 0 aliphatic carbocycles. The Labute approximate surface area is 129 Å². The lowest BCUT2D eigenvalue weighted by Crippen LogP contribution is -2.01. The number of H-pyrrole nitrogens is 1. The van der Waals surface area contributed by atoms with Crippen LogP contribution in [0.4, 0.5) is 5.82 Å². The molecule has 2 N–H and O–H groups in total. The fourth-order valence-corrected chi connectivity index (χ4v) is 2.54. The van der Waals surface area contributed by atoms with E-state index in [2.05, 4.69) is 39.4 Å². The predicted molar refractivity (Wildman–Crippen MR) is 86.5 cm³/mol. The van der Waals surface area contributed by atoms with E-state index in [4.69, 9.17) is 0 Å². The highest BCUT2D eigenvalue weighted by molar-refractivity contribution is 5.62. The van der Waals surface area contributed by atoms with E-state index in [1.807, 2.05) is 36.3 Å². The lowest BCUT2D eigenvalue weighted by molar-refractivity contribution is 0.769. The minimum atomic E-state index is 0.674. The van der Waals surface area contributed by atoms with Gasteiger partial charge in [-0.1, -0.05) is 6.92 Å². The minimum Gasteiger partial charge on any atom is -0.364 e. The molecular formula is C16H20N6. The van der Waals surface area contributed by atoms with Gasteiger partial charge in [0.1, 0.15) is 0 Å². The maximum atomic E-state index is 4.55. The van der Waals surface area contributed by atoms with E-state index >= 15 is 0 Å². The van der Waals surface area contributed by atoms with Crippen molar-refractivity contribution in [1.82, 2.24) is 25.0 Å². The lowest BCUT2D eigenvalue weighted by Gasteiger charge is -2.05. The van der Waals surface area contributed by atoms with Crippen molar-refractivity contribution in [2.45, 2.75) is 26.8 Å². The van der Waals surface area contributed by atoms with Crippen molar-refractivity contribution in [3.05, 3.63) is 47.5 Å². The summed E-state index contributed by atoms with van der Waals surface area (Å²) >= 11 is 0. The third-order valence-electron chi connectivity index (χ3n) is 3.75. The van der Waals surface area contributed by atoms with E-state index in [0.717, 1.165) is 29.1 Å². The number of nitrogens with one attached hydrogen (secondary N) is 2. The summed E-state index contributed by atoms with van der Waals surface area (Å²) in [7, 11) is 1.93. The van der Waals surface area contributed by atoms with E-state index in [-0.39, 0.29) is 0 Å². The van der Waals surface area contributed by atoms with Gasteiger partial charge in [0.05, 0.1) is 5.69 Å². The number of anilines is 1. The zero-order chi connectivity index (χ0) is 15.5. The van der Waals surface area contributed by atoms with Crippen LogP contribution in [0.5, 0.6) is 0 Å². The molecule has 0 bridgehead atoms. The van der Waals surface area contributed by atoms with Crippen molar-refractivity contribution in [3.8, 4) is 11.3 Å². The van der Waals surface area contributed by atoms with Crippen molar-refractivity contribution < 1.29 is 0 Å². The highest BCUT2D eigenvalue weighted by Crippen LogP contribution is 2.22. The van der Waals surface area contributed by atoms with Crippen LogP contribution < -0.4 is 5.32 Å². The SMILES string of the molecule is CCc1[nH]nc(NCc2cn(C)nc2-c2cccnc2)c1C. The van der Waals surface area contributed by atoms with Gasteiger partial charge in [-0.25, -0.2) is 0 Å². The Morgan fingerprint density at radius 2 is 2.23 bits per heavy atom. The van der Waals surface area contributed by atoms with E-state index in [1.54, 1.807) is 6.20 Å². The molecular weight excluding hydrogens is 276 g/mol. The first-order valence-electron chi connectivity index (χ1n) is 7.39. The second-order valence-corrected chi connectivity index (χ2v) is 5.30. The van der Waals surface area contributed by atoms with Gasteiger partial charge < -0.3 is 5.32 Å². The first-order chi connectivity index (χ1) is 10.7. The number of rotatable bonds is 5. The standard InChI is InChI=1S/C16H20N6/c1-4-14-11(2)16(20-19-14)18-9-13-10-22(3)21-15(13)12-6-5-7-17-8-12/h5-8,10H,4,9H2,1-3H3,(H2,18,19,20). The number of nitrogens with zero attached hydrogens (tertiary/aromatic N) is 4. The van der Waals surface area contributed by atoms with Gasteiger partial charge in [0.25, 0.3) is 0 Å². The quantitative estimate of drug-likeness (QED) is 0.759. The molecule has 0 fully saturated rings. The fraction of sp³-hybridized carbons (Fsp3) is 0.312. The monoisotopic (exact) mass is 296 g/mol. The summed E-state index contributed by atoms with van der Waals surface area (Å²) in [4.78, 5) is 4.17. The highest BCUT2D eigenvalue weighted by atomic mass is 15.3. The maximum absolute atomic E-state index is 4.55. The largest absolute Gasteiger partial charge is 0.364 e. The molecule has 6 nitrogen and oxygen atoms in total.